The van der Waals surface area contributed by atoms with E-state index in [-0.39, 0.29) is 5.75 Å². The molecule has 1 unspecified atom stereocenters. The predicted molar refractivity (Wildman–Crippen MR) is 97.0 cm³/mol. The fourth-order valence-corrected chi connectivity index (χ4v) is 2.23. The molecule has 2 aromatic rings. The number of ether oxygens (including phenoxy) is 1. The van der Waals surface area contributed by atoms with Crippen LogP contribution in [0.4, 0.5) is 13.2 Å². The first-order chi connectivity index (χ1) is 12.2. The minimum atomic E-state index is -4.67. The summed E-state index contributed by atoms with van der Waals surface area (Å²) in [5.74, 6) is -0.260. The maximum absolute atomic E-state index is 11.9. The van der Waals surface area contributed by atoms with Crippen molar-refractivity contribution in [1.29, 1.82) is 0 Å². The summed E-state index contributed by atoms with van der Waals surface area (Å²) in [5.41, 5.74) is 3.26. The lowest BCUT2D eigenvalue weighted by atomic mass is 10.1. The first-order valence-corrected chi connectivity index (χ1v) is 8.19. The highest BCUT2D eigenvalue weighted by atomic mass is 19.4. The first kappa shape index (κ1) is 21.8. The van der Waals surface area contributed by atoms with Gasteiger partial charge in [-0.2, -0.15) is 0 Å². The van der Waals surface area contributed by atoms with Crippen LogP contribution in [0, 0.1) is 6.92 Å². The van der Waals surface area contributed by atoms with Crippen LogP contribution in [0.1, 0.15) is 23.7 Å². The smallest absolute Gasteiger partial charge is 0.406 e. The maximum Gasteiger partial charge on any atom is 0.573 e. The standard InChI is InChI=1S/C11H14F3NO2.C8H11N/c1-15-7-9(16)6-8-2-4-10(5-3-8)17-11(12,13)14;1-3-4-8-5-6-9-7(8)2/h2-5,9,15-16H,6-7H2,1H3;3-6,9H,1-2H3/b;4-3-. The summed E-state index contributed by atoms with van der Waals surface area (Å²) in [4.78, 5) is 3.10. The number of hydrogen-bond acceptors (Lipinski definition) is 3. The van der Waals surface area contributed by atoms with Crippen molar-refractivity contribution >= 4 is 6.08 Å². The van der Waals surface area contributed by atoms with Crippen LogP contribution in [-0.2, 0) is 6.42 Å². The zero-order valence-electron chi connectivity index (χ0n) is 15.1. The van der Waals surface area contributed by atoms with Crippen LogP contribution in [-0.4, -0.2) is 36.1 Å². The van der Waals surface area contributed by atoms with E-state index in [0.29, 0.717) is 13.0 Å². The average Bonchev–Trinajstić information content (AvgIpc) is 2.94. The highest BCUT2D eigenvalue weighted by Crippen LogP contribution is 2.22. The number of aliphatic hydroxyl groups excluding tert-OH is 1. The summed E-state index contributed by atoms with van der Waals surface area (Å²) in [7, 11) is 1.71. The number of aromatic amines is 1. The number of aryl methyl sites for hydroxylation is 1. The van der Waals surface area contributed by atoms with E-state index in [0.717, 1.165) is 5.56 Å². The number of halogens is 3. The largest absolute Gasteiger partial charge is 0.573 e. The molecule has 0 saturated heterocycles. The van der Waals surface area contributed by atoms with Gasteiger partial charge in [0.1, 0.15) is 5.75 Å². The molecule has 0 bridgehead atoms. The Labute approximate surface area is 151 Å². The minimum Gasteiger partial charge on any atom is -0.406 e. The Morgan fingerprint density at radius 3 is 2.35 bits per heavy atom. The van der Waals surface area contributed by atoms with Gasteiger partial charge in [0.05, 0.1) is 6.10 Å². The molecule has 3 N–H and O–H groups in total. The summed E-state index contributed by atoms with van der Waals surface area (Å²) in [6.45, 7) is 4.52. The third-order valence-corrected chi connectivity index (χ3v) is 3.41. The molecule has 0 aliphatic rings. The van der Waals surface area contributed by atoms with Crippen LogP contribution in [0.3, 0.4) is 0 Å². The number of nitrogens with one attached hydrogen (secondary N) is 2. The average molecular weight is 370 g/mol. The van der Waals surface area contributed by atoms with Gasteiger partial charge in [-0.25, -0.2) is 0 Å². The molecule has 0 aliphatic heterocycles. The fourth-order valence-electron chi connectivity index (χ4n) is 2.23. The fraction of sp³-hybridized carbons (Fsp3) is 0.368. The van der Waals surface area contributed by atoms with Crippen molar-refractivity contribution in [3.8, 4) is 5.75 Å². The molecule has 0 saturated carbocycles. The molecule has 1 aromatic heterocycles. The summed E-state index contributed by atoms with van der Waals surface area (Å²) < 4.78 is 39.4. The quantitative estimate of drug-likeness (QED) is 0.719. The maximum atomic E-state index is 11.9. The Morgan fingerprint density at radius 2 is 1.88 bits per heavy atom. The lowest BCUT2D eigenvalue weighted by Crippen LogP contribution is -2.25. The Morgan fingerprint density at radius 1 is 1.23 bits per heavy atom. The molecule has 4 nitrogen and oxygen atoms in total. The summed E-state index contributed by atoms with van der Waals surface area (Å²) in [6.07, 6.45) is 1.22. The molecule has 0 amide bonds. The first-order valence-electron chi connectivity index (χ1n) is 8.19. The van der Waals surface area contributed by atoms with E-state index >= 15 is 0 Å². The summed E-state index contributed by atoms with van der Waals surface area (Å²) in [5, 5.41) is 12.3. The second-order valence-corrected chi connectivity index (χ2v) is 5.67. The lowest BCUT2D eigenvalue weighted by molar-refractivity contribution is -0.274. The third kappa shape index (κ3) is 8.73. The highest BCUT2D eigenvalue weighted by molar-refractivity contribution is 5.51. The van der Waals surface area contributed by atoms with E-state index in [1.54, 1.807) is 7.05 Å². The van der Waals surface area contributed by atoms with Crippen LogP contribution >= 0.6 is 0 Å². The molecule has 26 heavy (non-hydrogen) atoms. The highest BCUT2D eigenvalue weighted by Gasteiger charge is 2.30. The van der Waals surface area contributed by atoms with Gasteiger partial charge in [0.2, 0.25) is 0 Å². The molecular formula is C19H25F3N2O2. The summed E-state index contributed by atoms with van der Waals surface area (Å²) in [6, 6.07) is 7.53. The van der Waals surface area contributed by atoms with Gasteiger partial charge in [0.25, 0.3) is 0 Å². The number of rotatable bonds is 6. The Kier molecular flexibility index (Phi) is 8.95. The SMILES string of the molecule is C/C=C\c1cc[nH]c1C.CNCC(O)Cc1ccc(OC(F)(F)F)cc1. The number of hydrogen-bond donors (Lipinski definition) is 3. The minimum absolute atomic E-state index is 0.260. The molecule has 0 spiro atoms. The number of alkyl halides is 3. The normalized spacial score (nSPS) is 12.6. The summed E-state index contributed by atoms with van der Waals surface area (Å²) >= 11 is 0. The molecule has 0 fully saturated rings. The Balaban J connectivity index is 0.000000314. The molecule has 1 heterocycles. The Bertz CT molecular complexity index is 664. The van der Waals surface area contributed by atoms with E-state index in [9.17, 15) is 18.3 Å². The number of aromatic nitrogens is 1. The zero-order valence-corrected chi connectivity index (χ0v) is 15.1. The van der Waals surface area contributed by atoms with Gasteiger partial charge >= 0.3 is 6.36 Å². The van der Waals surface area contributed by atoms with Gasteiger partial charge in [-0.3, -0.25) is 0 Å². The molecule has 7 heteroatoms. The van der Waals surface area contributed by atoms with Crippen LogP contribution in [0.2, 0.25) is 0 Å². The molecule has 1 atom stereocenters. The number of H-pyrrole nitrogens is 1. The van der Waals surface area contributed by atoms with Crippen molar-refractivity contribution in [2.24, 2.45) is 0 Å². The zero-order chi connectivity index (χ0) is 19.6. The molecule has 0 aliphatic carbocycles. The van der Waals surface area contributed by atoms with Crippen molar-refractivity contribution in [3.05, 3.63) is 59.4 Å². The van der Waals surface area contributed by atoms with Gasteiger partial charge in [0.15, 0.2) is 0 Å². The van der Waals surface area contributed by atoms with Crippen LogP contribution in [0.5, 0.6) is 5.75 Å². The van der Waals surface area contributed by atoms with E-state index < -0.39 is 12.5 Å². The van der Waals surface area contributed by atoms with E-state index in [2.05, 4.69) is 34.1 Å². The van der Waals surface area contributed by atoms with Crippen LogP contribution in [0.25, 0.3) is 6.08 Å². The van der Waals surface area contributed by atoms with Crippen molar-refractivity contribution in [1.82, 2.24) is 10.3 Å². The molecule has 2 rings (SSSR count). The van der Waals surface area contributed by atoms with Gasteiger partial charge in [-0.1, -0.05) is 24.3 Å². The predicted octanol–water partition coefficient (Wildman–Crippen LogP) is 4.06. The molecular weight excluding hydrogens is 345 g/mol. The molecule has 144 valence electrons. The lowest BCUT2D eigenvalue weighted by Gasteiger charge is -2.11. The van der Waals surface area contributed by atoms with Gasteiger partial charge < -0.3 is 20.1 Å². The van der Waals surface area contributed by atoms with E-state index in [1.807, 2.05) is 19.2 Å². The number of likely N-dealkylation sites (N-methyl/N-ethyl adjacent to an activating group) is 1. The third-order valence-electron chi connectivity index (χ3n) is 3.41. The number of aliphatic hydroxyl groups is 1. The second kappa shape index (κ2) is 10.7. The van der Waals surface area contributed by atoms with Gasteiger partial charge in [-0.15, -0.1) is 13.2 Å². The van der Waals surface area contributed by atoms with E-state index in [4.69, 9.17) is 0 Å². The monoisotopic (exact) mass is 370 g/mol. The van der Waals surface area contributed by atoms with Crippen LogP contribution in [0.15, 0.2) is 42.6 Å². The van der Waals surface area contributed by atoms with Crippen molar-refractivity contribution in [2.45, 2.75) is 32.7 Å². The van der Waals surface area contributed by atoms with Gasteiger partial charge in [-0.05, 0) is 56.6 Å². The number of allylic oxidation sites excluding steroid dienone is 1. The van der Waals surface area contributed by atoms with Crippen LogP contribution < -0.4 is 10.1 Å². The molecule has 0 radical (unpaired) electrons. The van der Waals surface area contributed by atoms with Crippen molar-refractivity contribution in [3.63, 3.8) is 0 Å². The topological polar surface area (TPSA) is 57.3 Å². The van der Waals surface area contributed by atoms with Crippen molar-refractivity contribution < 1.29 is 23.0 Å². The Hall–Kier alpha value is -2.25. The molecule has 1 aromatic carbocycles. The van der Waals surface area contributed by atoms with Gasteiger partial charge in [0, 0.05) is 18.4 Å². The second-order valence-electron chi connectivity index (χ2n) is 5.67. The van der Waals surface area contributed by atoms with E-state index in [1.165, 1.54) is 35.5 Å². The van der Waals surface area contributed by atoms with Crippen molar-refractivity contribution in [2.75, 3.05) is 13.6 Å². The number of benzene rings is 1.